The Balaban J connectivity index is 1.41. The molecule has 1 saturated heterocycles. The lowest BCUT2D eigenvalue weighted by molar-refractivity contribution is 0.0948. The number of piperazine rings is 1. The van der Waals surface area contributed by atoms with Crippen LogP contribution >= 0.6 is 0 Å². The van der Waals surface area contributed by atoms with Crippen LogP contribution in [0.2, 0.25) is 0 Å². The van der Waals surface area contributed by atoms with Gasteiger partial charge in [-0.15, -0.1) is 0 Å². The van der Waals surface area contributed by atoms with Crippen molar-refractivity contribution >= 4 is 5.91 Å². The lowest BCUT2D eigenvalue weighted by Crippen LogP contribution is -2.45. The molecule has 2 aliphatic heterocycles. The van der Waals surface area contributed by atoms with E-state index in [9.17, 15) is 4.79 Å². The van der Waals surface area contributed by atoms with Gasteiger partial charge < -0.3 is 24.6 Å². The van der Waals surface area contributed by atoms with E-state index in [-0.39, 0.29) is 5.91 Å². The van der Waals surface area contributed by atoms with Crippen LogP contribution in [0.3, 0.4) is 0 Å². The molecule has 2 aliphatic rings. The highest BCUT2D eigenvalue weighted by Gasteiger charge is 2.15. The standard InChI is InChI=1S/C17H25N3O3/c1-19-7-9-20(10-8-19)6-2-5-18-17(21)14-3-4-15-16(13-14)23-12-11-22-15/h3-4,13H,2,5-12H2,1H3,(H,18,21). The van der Waals surface area contributed by atoms with Crippen LogP contribution in [-0.4, -0.2) is 75.2 Å². The van der Waals surface area contributed by atoms with Crippen molar-refractivity contribution in [2.45, 2.75) is 6.42 Å². The van der Waals surface area contributed by atoms with Crippen molar-refractivity contribution in [2.75, 3.05) is 59.5 Å². The minimum Gasteiger partial charge on any atom is -0.486 e. The molecule has 0 aromatic heterocycles. The van der Waals surface area contributed by atoms with Crippen molar-refractivity contribution in [3.8, 4) is 11.5 Å². The van der Waals surface area contributed by atoms with Gasteiger partial charge in [-0.3, -0.25) is 4.79 Å². The Bertz CT molecular complexity index is 542. The number of rotatable bonds is 5. The van der Waals surface area contributed by atoms with Gasteiger partial charge in [-0.25, -0.2) is 0 Å². The van der Waals surface area contributed by atoms with Crippen LogP contribution in [-0.2, 0) is 0 Å². The van der Waals surface area contributed by atoms with E-state index in [0.29, 0.717) is 36.8 Å². The average molecular weight is 319 g/mol. The summed E-state index contributed by atoms with van der Waals surface area (Å²) in [6.07, 6.45) is 0.972. The number of benzene rings is 1. The van der Waals surface area contributed by atoms with Crippen molar-refractivity contribution in [3.05, 3.63) is 23.8 Å². The first-order valence-corrected chi connectivity index (χ1v) is 8.31. The maximum absolute atomic E-state index is 12.2. The number of nitrogens with zero attached hydrogens (tertiary/aromatic N) is 2. The van der Waals surface area contributed by atoms with E-state index in [0.717, 1.165) is 39.1 Å². The SMILES string of the molecule is CN1CCN(CCCNC(=O)c2ccc3c(c2)OCCO3)CC1. The largest absolute Gasteiger partial charge is 0.486 e. The molecular formula is C17H25N3O3. The fraction of sp³-hybridized carbons (Fsp3) is 0.588. The minimum absolute atomic E-state index is 0.0552. The van der Waals surface area contributed by atoms with Crippen molar-refractivity contribution < 1.29 is 14.3 Å². The second-order valence-electron chi connectivity index (χ2n) is 6.11. The van der Waals surface area contributed by atoms with Gasteiger partial charge in [0.2, 0.25) is 0 Å². The van der Waals surface area contributed by atoms with E-state index in [1.165, 1.54) is 0 Å². The maximum Gasteiger partial charge on any atom is 0.251 e. The van der Waals surface area contributed by atoms with Gasteiger partial charge in [0, 0.05) is 38.3 Å². The molecule has 2 heterocycles. The third-order valence-corrected chi connectivity index (χ3v) is 4.34. The number of carbonyl (C=O) groups is 1. The quantitative estimate of drug-likeness (QED) is 0.815. The molecule has 0 spiro atoms. The molecule has 1 N–H and O–H groups in total. The van der Waals surface area contributed by atoms with Gasteiger partial charge in [-0.2, -0.15) is 0 Å². The zero-order chi connectivity index (χ0) is 16.1. The van der Waals surface area contributed by atoms with Crippen molar-refractivity contribution in [1.82, 2.24) is 15.1 Å². The predicted octanol–water partition coefficient (Wildman–Crippen LogP) is 0.825. The number of hydrogen-bond acceptors (Lipinski definition) is 5. The summed E-state index contributed by atoms with van der Waals surface area (Å²) in [6.45, 7) is 7.31. The molecular weight excluding hydrogens is 294 g/mol. The summed E-state index contributed by atoms with van der Waals surface area (Å²) in [5, 5.41) is 2.98. The van der Waals surface area contributed by atoms with E-state index in [4.69, 9.17) is 9.47 Å². The van der Waals surface area contributed by atoms with Crippen LogP contribution in [0.4, 0.5) is 0 Å². The molecule has 1 aromatic rings. The third-order valence-electron chi connectivity index (χ3n) is 4.34. The van der Waals surface area contributed by atoms with Crippen LogP contribution in [0.25, 0.3) is 0 Å². The molecule has 6 heteroatoms. The number of carbonyl (C=O) groups excluding carboxylic acids is 1. The monoisotopic (exact) mass is 319 g/mol. The van der Waals surface area contributed by atoms with Gasteiger partial charge in [0.05, 0.1) is 0 Å². The van der Waals surface area contributed by atoms with Crippen LogP contribution < -0.4 is 14.8 Å². The molecule has 0 bridgehead atoms. The Morgan fingerprint density at radius 3 is 2.65 bits per heavy atom. The predicted molar refractivity (Wildman–Crippen MR) is 88.3 cm³/mol. The van der Waals surface area contributed by atoms with Gasteiger partial charge in [0.25, 0.3) is 5.91 Å². The van der Waals surface area contributed by atoms with Crippen LogP contribution in [0.5, 0.6) is 11.5 Å². The first kappa shape index (κ1) is 16.1. The molecule has 6 nitrogen and oxygen atoms in total. The zero-order valence-electron chi connectivity index (χ0n) is 13.7. The molecule has 1 aromatic carbocycles. The summed E-state index contributed by atoms with van der Waals surface area (Å²) in [6, 6.07) is 5.33. The molecule has 0 unspecified atom stereocenters. The van der Waals surface area contributed by atoms with Crippen molar-refractivity contribution in [1.29, 1.82) is 0 Å². The third kappa shape index (κ3) is 4.36. The lowest BCUT2D eigenvalue weighted by atomic mass is 10.2. The van der Waals surface area contributed by atoms with E-state index in [1.807, 2.05) is 0 Å². The Kier molecular flexibility index (Phi) is 5.35. The zero-order valence-corrected chi connectivity index (χ0v) is 13.7. The van der Waals surface area contributed by atoms with E-state index < -0.39 is 0 Å². The summed E-state index contributed by atoms with van der Waals surface area (Å²) in [5.41, 5.74) is 0.619. The van der Waals surface area contributed by atoms with E-state index >= 15 is 0 Å². The second-order valence-corrected chi connectivity index (χ2v) is 6.11. The van der Waals surface area contributed by atoms with Gasteiger partial charge in [0.1, 0.15) is 13.2 Å². The average Bonchev–Trinajstić information content (AvgIpc) is 2.59. The molecule has 0 aliphatic carbocycles. The lowest BCUT2D eigenvalue weighted by Gasteiger charge is -2.32. The summed E-state index contributed by atoms with van der Waals surface area (Å²) in [5.74, 6) is 1.31. The fourth-order valence-corrected chi connectivity index (χ4v) is 2.86. The summed E-state index contributed by atoms with van der Waals surface area (Å²) in [7, 11) is 2.16. The molecule has 23 heavy (non-hydrogen) atoms. The number of hydrogen-bond donors (Lipinski definition) is 1. The fourth-order valence-electron chi connectivity index (χ4n) is 2.86. The number of ether oxygens (including phenoxy) is 2. The maximum atomic E-state index is 12.2. The van der Waals surface area contributed by atoms with Gasteiger partial charge in [-0.05, 0) is 38.2 Å². The summed E-state index contributed by atoms with van der Waals surface area (Å²) < 4.78 is 11.0. The highest BCUT2D eigenvalue weighted by molar-refractivity contribution is 5.94. The van der Waals surface area contributed by atoms with Gasteiger partial charge >= 0.3 is 0 Å². The number of amides is 1. The number of fused-ring (bicyclic) bond motifs is 1. The molecule has 0 saturated carbocycles. The molecule has 1 amide bonds. The Labute approximate surface area is 137 Å². The highest BCUT2D eigenvalue weighted by Crippen LogP contribution is 2.30. The van der Waals surface area contributed by atoms with E-state index in [2.05, 4.69) is 22.2 Å². The molecule has 3 rings (SSSR count). The first-order chi connectivity index (χ1) is 11.2. The smallest absolute Gasteiger partial charge is 0.251 e. The second kappa shape index (κ2) is 7.66. The minimum atomic E-state index is -0.0552. The molecule has 0 radical (unpaired) electrons. The van der Waals surface area contributed by atoms with Gasteiger partial charge in [0.15, 0.2) is 11.5 Å². The highest BCUT2D eigenvalue weighted by atomic mass is 16.6. The summed E-state index contributed by atoms with van der Waals surface area (Å²) >= 11 is 0. The number of nitrogens with one attached hydrogen (secondary N) is 1. The van der Waals surface area contributed by atoms with E-state index in [1.54, 1.807) is 18.2 Å². The topological polar surface area (TPSA) is 54.0 Å². The van der Waals surface area contributed by atoms with Crippen molar-refractivity contribution in [2.24, 2.45) is 0 Å². The molecule has 126 valence electrons. The number of likely N-dealkylation sites (N-methyl/N-ethyl adjacent to an activating group) is 1. The normalized spacial score (nSPS) is 18.7. The summed E-state index contributed by atoms with van der Waals surface area (Å²) in [4.78, 5) is 17.0. The molecule has 0 atom stereocenters. The first-order valence-electron chi connectivity index (χ1n) is 8.31. The van der Waals surface area contributed by atoms with Crippen LogP contribution in [0.1, 0.15) is 16.8 Å². The Morgan fingerprint density at radius 2 is 1.87 bits per heavy atom. The van der Waals surface area contributed by atoms with Crippen LogP contribution in [0, 0.1) is 0 Å². The Hall–Kier alpha value is -1.79. The van der Waals surface area contributed by atoms with Gasteiger partial charge in [-0.1, -0.05) is 0 Å². The van der Waals surface area contributed by atoms with Crippen LogP contribution in [0.15, 0.2) is 18.2 Å². The Morgan fingerprint density at radius 1 is 1.13 bits per heavy atom. The van der Waals surface area contributed by atoms with Crippen molar-refractivity contribution in [3.63, 3.8) is 0 Å². The molecule has 1 fully saturated rings.